The van der Waals surface area contributed by atoms with Gasteiger partial charge in [-0.2, -0.15) is 0 Å². The Hall–Kier alpha value is -0.900. The second-order valence-corrected chi connectivity index (χ2v) is 14.8. The van der Waals surface area contributed by atoms with E-state index in [2.05, 4.69) is 19.1 Å². The molecule has 0 fully saturated rings. The van der Waals surface area contributed by atoms with Crippen molar-refractivity contribution in [2.75, 3.05) is 205 Å². The Bertz CT molecular complexity index is 831. The van der Waals surface area contributed by atoms with Crippen molar-refractivity contribution < 1.29 is 76.2 Å². The van der Waals surface area contributed by atoms with Crippen LogP contribution < -0.4 is 0 Å². The van der Waals surface area contributed by atoms with Crippen molar-refractivity contribution in [3.05, 3.63) is 12.2 Å². The van der Waals surface area contributed by atoms with E-state index in [0.717, 1.165) is 13.0 Å². The van der Waals surface area contributed by atoms with Crippen LogP contribution in [0, 0.1) is 0 Å². The lowest BCUT2D eigenvalue weighted by Crippen LogP contribution is -2.15. The molecule has 0 saturated heterocycles. The predicted octanol–water partition coefficient (Wildman–Crippen LogP) is 6.27. The molecule has 0 radical (unpaired) electrons. The maximum Gasteiger partial charge on any atom is 0.0701 e. The Labute approximate surface area is 389 Å². The summed E-state index contributed by atoms with van der Waals surface area (Å²) in [7, 11) is 0. The lowest BCUT2D eigenvalue weighted by atomic mass is 10.1. The van der Waals surface area contributed by atoms with Gasteiger partial charge in [-0.3, -0.25) is 0 Å². The maximum absolute atomic E-state index is 8.60. The summed E-state index contributed by atoms with van der Waals surface area (Å²) in [6.07, 6.45) is 23.2. The molecule has 0 spiro atoms. The standard InChI is InChI=1S/C48H96O16/c1-2-3-4-5-6-7-8-9-10-11-12-13-14-15-16-17-19-50-21-23-52-25-27-54-29-31-56-33-35-58-37-39-60-41-43-62-45-47-64-48-46-63-44-42-61-40-38-59-36-34-57-32-30-55-28-26-53-24-22-51-20-18-49/h9-10,49H,2-8,11-48H2,1H3/b10-9+. The van der Waals surface area contributed by atoms with E-state index in [4.69, 9.17) is 76.2 Å². The molecule has 0 heterocycles. The van der Waals surface area contributed by atoms with E-state index in [9.17, 15) is 0 Å². The molecule has 0 aliphatic carbocycles. The van der Waals surface area contributed by atoms with Gasteiger partial charge in [0.1, 0.15) is 0 Å². The zero-order valence-electron chi connectivity index (χ0n) is 40.5. The van der Waals surface area contributed by atoms with Crippen molar-refractivity contribution in [3.8, 4) is 0 Å². The molecule has 0 atom stereocenters. The minimum atomic E-state index is 0.0233. The van der Waals surface area contributed by atoms with Crippen LogP contribution in [0.4, 0.5) is 0 Å². The fourth-order valence-electron chi connectivity index (χ4n) is 5.70. The van der Waals surface area contributed by atoms with Crippen molar-refractivity contribution in [1.82, 2.24) is 0 Å². The van der Waals surface area contributed by atoms with Crippen LogP contribution in [-0.4, -0.2) is 210 Å². The zero-order chi connectivity index (χ0) is 45.8. The van der Waals surface area contributed by atoms with Gasteiger partial charge in [0.25, 0.3) is 0 Å². The zero-order valence-corrected chi connectivity index (χ0v) is 40.5. The molecule has 0 aromatic heterocycles. The van der Waals surface area contributed by atoms with E-state index < -0.39 is 0 Å². The molecule has 0 saturated carbocycles. The van der Waals surface area contributed by atoms with E-state index in [1.807, 2.05) is 0 Å². The summed E-state index contributed by atoms with van der Waals surface area (Å²) in [6.45, 7) is 17.9. The minimum absolute atomic E-state index is 0.0233. The van der Waals surface area contributed by atoms with Crippen LogP contribution in [0.5, 0.6) is 0 Å². The van der Waals surface area contributed by atoms with Gasteiger partial charge in [0, 0.05) is 6.61 Å². The molecule has 0 unspecified atom stereocenters. The average Bonchev–Trinajstić information content (AvgIpc) is 3.31. The van der Waals surface area contributed by atoms with Crippen LogP contribution >= 0.6 is 0 Å². The van der Waals surface area contributed by atoms with Gasteiger partial charge in [-0.15, -0.1) is 0 Å². The number of ether oxygens (including phenoxy) is 15. The van der Waals surface area contributed by atoms with E-state index in [1.165, 1.54) is 83.5 Å². The molecule has 0 aromatic rings. The SMILES string of the molecule is CCCCCCCC/C=C/CCCCCCCCOCCOCCOCCOCCOCCOCCOCCOCCOCCOCCOCCOCCOCCOCCOCCO. The average molecular weight is 929 g/mol. The second kappa shape index (κ2) is 62.1. The highest BCUT2D eigenvalue weighted by Gasteiger charge is 1.99. The third-order valence-corrected chi connectivity index (χ3v) is 9.24. The van der Waals surface area contributed by atoms with Gasteiger partial charge in [-0.25, -0.2) is 0 Å². The summed E-state index contributed by atoms with van der Waals surface area (Å²) in [6, 6.07) is 0. The third kappa shape index (κ3) is 61.1. The summed E-state index contributed by atoms with van der Waals surface area (Å²) in [4.78, 5) is 0. The van der Waals surface area contributed by atoms with E-state index in [-0.39, 0.29) is 6.61 Å². The molecule has 0 aromatic carbocycles. The van der Waals surface area contributed by atoms with Crippen LogP contribution in [-0.2, 0) is 71.1 Å². The number of rotatable bonds is 60. The summed E-state index contributed by atoms with van der Waals surface area (Å²) in [5.41, 5.74) is 0. The molecule has 0 aliphatic rings. The van der Waals surface area contributed by atoms with Gasteiger partial charge in [-0.1, -0.05) is 76.9 Å². The number of aliphatic hydroxyl groups is 1. The molecular formula is C48H96O16. The number of allylic oxidation sites excluding steroid dienone is 2. The first kappa shape index (κ1) is 63.1. The smallest absolute Gasteiger partial charge is 0.0701 e. The summed E-state index contributed by atoms with van der Waals surface area (Å²) in [5, 5.41) is 8.60. The van der Waals surface area contributed by atoms with Gasteiger partial charge in [0.05, 0.1) is 198 Å². The number of hydrogen-bond acceptors (Lipinski definition) is 16. The molecular weight excluding hydrogens is 833 g/mol. The molecule has 16 nitrogen and oxygen atoms in total. The van der Waals surface area contributed by atoms with Gasteiger partial charge < -0.3 is 76.2 Å². The fourth-order valence-corrected chi connectivity index (χ4v) is 5.70. The quantitative estimate of drug-likeness (QED) is 0.0537. The summed E-state index contributed by atoms with van der Waals surface area (Å²) < 4.78 is 82.2. The van der Waals surface area contributed by atoms with Crippen LogP contribution in [0.1, 0.15) is 96.8 Å². The second-order valence-electron chi connectivity index (χ2n) is 14.8. The Balaban J connectivity index is 3.08. The molecule has 64 heavy (non-hydrogen) atoms. The van der Waals surface area contributed by atoms with Crippen molar-refractivity contribution >= 4 is 0 Å². The van der Waals surface area contributed by atoms with Crippen LogP contribution in [0.3, 0.4) is 0 Å². The summed E-state index contributed by atoms with van der Waals surface area (Å²) in [5.74, 6) is 0. The number of aliphatic hydroxyl groups excluding tert-OH is 1. The lowest BCUT2D eigenvalue weighted by Gasteiger charge is -2.09. The molecule has 384 valence electrons. The highest BCUT2D eigenvalue weighted by Crippen LogP contribution is 2.10. The van der Waals surface area contributed by atoms with Crippen molar-refractivity contribution in [2.45, 2.75) is 96.8 Å². The first-order valence-electron chi connectivity index (χ1n) is 24.8. The molecule has 0 amide bonds. The molecule has 0 bridgehead atoms. The Morgan fingerprint density at radius 1 is 0.219 bits per heavy atom. The molecule has 0 rings (SSSR count). The summed E-state index contributed by atoms with van der Waals surface area (Å²) >= 11 is 0. The highest BCUT2D eigenvalue weighted by atomic mass is 16.6. The number of unbranched alkanes of at least 4 members (excludes halogenated alkanes) is 12. The van der Waals surface area contributed by atoms with Gasteiger partial charge >= 0.3 is 0 Å². The van der Waals surface area contributed by atoms with Crippen LogP contribution in [0.15, 0.2) is 12.2 Å². The van der Waals surface area contributed by atoms with Crippen molar-refractivity contribution in [1.29, 1.82) is 0 Å². The first-order valence-corrected chi connectivity index (χ1v) is 24.8. The van der Waals surface area contributed by atoms with Crippen molar-refractivity contribution in [2.24, 2.45) is 0 Å². The van der Waals surface area contributed by atoms with Gasteiger partial charge in [0.15, 0.2) is 0 Å². The normalized spacial score (nSPS) is 11.8. The van der Waals surface area contributed by atoms with E-state index in [0.29, 0.717) is 192 Å². The Morgan fingerprint density at radius 3 is 0.641 bits per heavy atom. The topological polar surface area (TPSA) is 159 Å². The largest absolute Gasteiger partial charge is 0.394 e. The monoisotopic (exact) mass is 929 g/mol. The van der Waals surface area contributed by atoms with E-state index >= 15 is 0 Å². The lowest BCUT2D eigenvalue weighted by molar-refractivity contribution is -0.0301. The molecule has 16 heteroatoms. The first-order chi connectivity index (χ1) is 31.9. The van der Waals surface area contributed by atoms with Crippen LogP contribution in [0.2, 0.25) is 0 Å². The van der Waals surface area contributed by atoms with Crippen molar-refractivity contribution in [3.63, 3.8) is 0 Å². The predicted molar refractivity (Wildman–Crippen MR) is 249 cm³/mol. The van der Waals surface area contributed by atoms with Crippen LogP contribution in [0.25, 0.3) is 0 Å². The highest BCUT2D eigenvalue weighted by molar-refractivity contribution is 4.81. The third-order valence-electron chi connectivity index (χ3n) is 9.24. The van der Waals surface area contributed by atoms with Gasteiger partial charge in [-0.05, 0) is 32.1 Å². The minimum Gasteiger partial charge on any atom is -0.394 e. The molecule has 1 N–H and O–H groups in total. The number of hydrogen-bond donors (Lipinski definition) is 1. The van der Waals surface area contributed by atoms with E-state index in [1.54, 1.807) is 0 Å². The Kier molecular flexibility index (Phi) is 61.2. The molecule has 0 aliphatic heterocycles. The Morgan fingerprint density at radius 2 is 0.406 bits per heavy atom. The van der Waals surface area contributed by atoms with Gasteiger partial charge in [0.2, 0.25) is 0 Å². The maximum atomic E-state index is 8.60. The fraction of sp³-hybridized carbons (Fsp3) is 0.958.